The van der Waals surface area contributed by atoms with Gasteiger partial charge in [0.15, 0.2) is 0 Å². The van der Waals surface area contributed by atoms with Crippen molar-refractivity contribution in [3.8, 4) is 11.1 Å². The molecule has 4 aromatic rings. The lowest BCUT2D eigenvalue weighted by molar-refractivity contribution is 0.447. The summed E-state index contributed by atoms with van der Waals surface area (Å²) in [6.07, 6.45) is 2.87. The monoisotopic (exact) mass is 482 g/mol. The third kappa shape index (κ3) is 4.51. The SMILES string of the molecule is O=S(CCCC1Cc2[nH]c3cccc(-c4ccc(Cl)cc4)c3c2CN1)c1ccc(Cl)cc1. The number of H-pyrrole nitrogens is 1. The van der Waals surface area contributed by atoms with Crippen molar-refractivity contribution in [1.82, 2.24) is 10.3 Å². The van der Waals surface area contributed by atoms with Crippen LogP contribution < -0.4 is 5.32 Å². The summed E-state index contributed by atoms with van der Waals surface area (Å²) in [5, 5.41) is 6.42. The van der Waals surface area contributed by atoms with Crippen molar-refractivity contribution in [2.75, 3.05) is 5.75 Å². The molecule has 2 unspecified atom stereocenters. The van der Waals surface area contributed by atoms with Gasteiger partial charge in [0.25, 0.3) is 0 Å². The summed E-state index contributed by atoms with van der Waals surface area (Å²) >= 11 is 12.0. The molecule has 0 aliphatic carbocycles. The second kappa shape index (κ2) is 9.40. The topological polar surface area (TPSA) is 44.9 Å². The Labute approximate surface area is 200 Å². The van der Waals surface area contributed by atoms with Gasteiger partial charge in [-0.05, 0) is 72.0 Å². The summed E-state index contributed by atoms with van der Waals surface area (Å²) in [4.78, 5) is 4.51. The molecule has 3 aromatic carbocycles. The lowest BCUT2D eigenvalue weighted by Crippen LogP contribution is -2.35. The standard InChI is InChI=1S/C26H24Cl2N2OS/c27-18-8-6-17(7-9-18)22-4-1-5-24-26(22)23-16-29-20(15-25(23)30-24)3-2-14-32(31)21-12-10-19(28)11-13-21/h1,4-13,20,29-30H,2-3,14-16H2. The second-order valence-electron chi connectivity index (χ2n) is 8.24. The summed E-state index contributed by atoms with van der Waals surface area (Å²) in [5.41, 5.74) is 6.24. The van der Waals surface area contributed by atoms with Crippen molar-refractivity contribution in [2.45, 2.75) is 36.7 Å². The number of hydrogen-bond donors (Lipinski definition) is 2. The zero-order valence-electron chi connectivity index (χ0n) is 17.5. The van der Waals surface area contributed by atoms with Gasteiger partial charge in [0.05, 0.1) is 10.8 Å². The average Bonchev–Trinajstić information content (AvgIpc) is 3.18. The normalized spacial score (nSPS) is 16.8. The number of rotatable bonds is 6. The van der Waals surface area contributed by atoms with Crippen LogP contribution in [0.1, 0.15) is 24.1 Å². The first-order valence-corrected chi connectivity index (χ1v) is 12.9. The van der Waals surface area contributed by atoms with E-state index in [2.05, 4.69) is 40.6 Å². The summed E-state index contributed by atoms with van der Waals surface area (Å²) in [7, 11) is -0.983. The molecule has 0 saturated carbocycles. The molecule has 0 amide bonds. The van der Waals surface area contributed by atoms with Gasteiger partial charge in [-0.2, -0.15) is 0 Å². The first kappa shape index (κ1) is 21.7. The fourth-order valence-electron chi connectivity index (χ4n) is 4.54. The molecule has 2 N–H and O–H groups in total. The fraction of sp³-hybridized carbons (Fsp3) is 0.231. The van der Waals surface area contributed by atoms with Crippen LogP contribution in [0, 0.1) is 0 Å². The lowest BCUT2D eigenvalue weighted by Gasteiger charge is -2.24. The zero-order valence-corrected chi connectivity index (χ0v) is 19.9. The Balaban J connectivity index is 1.28. The number of halogens is 2. The van der Waals surface area contributed by atoms with Gasteiger partial charge >= 0.3 is 0 Å². The number of benzene rings is 3. The molecule has 0 spiro atoms. The van der Waals surface area contributed by atoms with Gasteiger partial charge in [-0.25, -0.2) is 0 Å². The van der Waals surface area contributed by atoms with E-state index in [-0.39, 0.29) is 0 Å². The van der Waals surface area contributed by atoms with Crippen molar-refractivity contribution in [1.29, 1.82) is 0 Å². The molecular formula is C26H24Cl2N2OS. The Bertz CT molecular complexity index is 1270. The van der Waals surface area contributed by atoms with Crippen molar-refractivity contribution in [3.05, 3.63) is 88.0 Å². The van der Waals surface area contributed by atoms with Crippen LogP contribution in [-0.2, 0) is 23.8 Å². The minimum Gasteiger partial charge on any atom is -0.358 e. The number of aromatic amines is 1. The Morgan fingerprint density at radius 2 is 1.66 bits per heavy atom. The molecule has 2 heterocycles. The van der Waals surface area contributed by atoms with E-state index in [1.807, 2.05) is 24.3 Å². The van der Waals surface area contributed by atoms with E-state index in [4.69, 9.17) is 23.2 Å². The molecule has 0 radical (unpaired) electrons. The summed E-state index contributed by atoms with van der Waals surface area (Å²) in [6.45, 7) is 0.838. The molecule has 1 aliphatic rings. The largest absolute Gasteiger partial charge is 0.358 e. The molecule has 0 bridgehead atoms. The molecule has 1 aliphatic heterocycles. The predicted octanol–water partition coefficient (Wildman–Crippen LogP) is 6.74. The van der Waals surface area contributed by atoms with Gasteiger partial charge in [0, 0.05) is 56.3 Å². The van der Waals surface area contributed by atoms with Crippen molar-refractivity contribution >= 4 is 44.9 Å². The van der Waals surface area contributed by atoms with E-state index in [0.717, 1.165) is 35.7 Å². The molecular weight excluding hydrogens is 459 g/mol. The molecule has 6 heteroatoms. The van der Waals surface area contributed by atoms with Gasteiger partial charge in [-0.15, -0.1) is 0 Å². The van der Waals surface area contributed by atoms with Crippen LogP contribution in [0.3, 0.4) is 0 Å². The quantitative estimate of drug-likeness (QED) is 0.319. The first-order valence-electron chi connectivity index (χ1n) is 10.8. The molecule has 2 atom stereocenters. The van der Waals surface area contributed by atoms with Crippen LogP contribution >= 0.6 is 23.2 Å². The highest BCUT2D eigenvalue weighted by Gasteiger charge is 2.23. The molecule has 32 heavy (non-hydrogen) atoms. The highest BCUT2D eigenvalue weighted by Crippen LogP contribution is 2.35. The van der Waals surface area contributed by atoms with E-state index >= 15 is 0 Å². The predicted molar refractivity (Wildman–Crippen MR) is 135 cm³/mol. The number of fused-ring (bicyclic) bond motifs is 3. The number of aromatic nitrogens is 1. The van der Waals surface area contributed by atoms with Gasteiger partial charge < -0.3 is 10.3 Å². The molecule has 5 rings (SSSR count). The van der Waals surface area contributed by atoms with Crippen LogP contribution in [0.25, 0.3) is 22.0 Å². The maximum absolute atomic E-state index is 12.5. The molecule has 164 valence electrons. The summed E-state index contributed by atoms with van der Waals surface area (Å²) in [6, 6.07) is 22.2. The van der Waals surface area contributed by atoms with Crippen LogP contribution in [-0.4, -0.2) is 21.0 Å². The average molecular weight is 483 g/mol. The Morgan fingerprint density at radius 3 is 2.41 bits per heavy atom. The van der Waals surface area contributed by atoms with Crippen LogP contribution in [0.4, 0.5) is 0 Å². The van der Waals surface area contributed by atoms with Gasteiger partial charge in [0.1, 0.15) is 0 Å². The van der Waals surface area contributed by atoms with E-state index < -0.39 is 10.8 Å². The maximum atomic E-state index is 12.5. The maximum Gasteiger partial charge on any atom is 0.0529 e. The van der Waals surface area contributed by atoms with Crippen molar-refractivity contribution in [2.24, 2.45) is 0 Å². The van der Waals surface area contributed by atoms with Gasteiger partial charge in [0.2, 0.25) is 0 Å². The van der Waals surface area contributed by atoms with Crippen LogP contribution in [0.15, 0.2) is 71.6 Å². The van der Waals surface area contributed by atoms with Gasteiger partial charge in [-0.3, -0.25) is 4.21 Å². The number of hydrogen-bond acceptors (Lipinski definition) is 2. The molecule has 3 nitrogen and oxygen atoms in total. The highest BCUT2D eigenvalue weighted by molar-refractivity contribution is 7.85. The highest BCUT2D eigenvalue weighted by atomic mass is 35.5. The van der Waals surface area contributed by atoms with Gasteiger partial charge in [-0.1, -0.05) is 47.5 Å². The lowest BCUT2D eigenvalue weighted by atomic mass is 9.94. The molecule has 0 saturated heterocycles. The van der Waals surface area contributed by atoms with E-state index in [1.165, 1.54) is 33.3 Å². The third-order valence-electron chi connectivity index (χ3n) is 6.15. The van der Waals surface area contributed by atoms with Crippen LogP contribution in [0.5, 0.6) is 0 Å². The molecule has 0 fully saturated rings. The Kier molecular flexibility index (Phi) is 6.38. The smallest absolute Gasteiger partial charge is 0.0529 e. The fourth-order valence-corrected chi connectivity index (χ4v) is 5.90. The van der Waals surface area contributed by atoms with E-state index in [0.29, 0.717) is 16.8 Å². The molecule has 1 aromatic heterocycles. The minimum absolute atomic E-state index is 0.386. The van der Waals surface area contributed by atoms with E-state index in [1.54, 1.807) is 12.1 Å². The summed E-state index contributed by atoms with van der Waals surface area (Å²) in [5.74, 6) is 0.667. The van der Waals surface area contributed by atoms with Crippen molar-refractivity contribution in [3.63, 3.8) is 0 Å². The summed E-state index contributed by atoms with van der Waals surface area (Å²) < 4.78 is 12.5. The van der Waals surface area contributed by atoms with Crippen molar-refractivity contribution < 1.29 is 4.21 Å². The Morgan fingerprint density at radius 1 is 0.938 bits per heavy atom. The Hall–Kier alpha value is -2.11. The van der Waals surface area contributed by atoms with E-state index in [9.17, 15) is 4.21 Å². The first-order chi connectivity index (χ1) is 15.6. The number of nitrogens with one attached hydrogen (secondary N) is 2. The minimum atomic E-state index is -0.983. The second-order valence-corrected chi connectivity index (χ2v) is 10.7. The zero-order chi connectivity index (χ0) is 22.1. The van der Waals surface area contributed by atoms with Crippen LogP contribution in [0.2, 0.25) is 10.0 Å². The third-order valence-corrected chi connectivity index (χ3v) is 8.11.